The van der Waals surface area contributed by atoms with Gasteiger partial charge in [0.25, 0.3) is 0 Å². The number of hydrogen-bond donors (Lipinski definition) is 2. The van der Waals surface area contributed by atoms with Crippen LogP contribution in [-0.4, -0.2) is 11.7 Å². The maximum atomic E-state index is 12.2. The van der Waals surface area contributed by atoms with Crippen molar-refractivity contribution in [1.29, 1.82) is 5.26 Å². The van der Waals surface area contributed by atoms with Gasteiger partial charge >= 0.3 is 0 Å². The highest BCUT2D eigenvalue weighted by Gasteiger charge is 2.10. The molecule has 0 atom stereocenters. The van der Waals surface area contributed by atoms with Crippen LogP contribution in [0.4, 0.5) is 11.4 Å². The summed E-state index contributed by atoms with van der Waals surface area (Å²) in [5.74, 6) is -0.0543. The van der Waals surface area contributed by atoms with Gasteiger partial charge in [-0.25, -0.2) is 0 Å². The SMILES string of the molecule is N#Cc1ccccc1C(=O)CCCCCCC(=O)Nc1ccccc1N. The smallest absolute Gasteiger partial charge is 0.224 e. The first kappa shape index (κ1) is 19.2. The molecule has 0 saturated carbocycles. The Kier molecular flexibility index (Phi) is 7.38. The van der Waals surface area contributed by atoms with Crippen LogP contribution in [-0.2, 0) is 4.79 Å². The van der Waals surface area contributed by atoms with Crippen molar-refractivity contribution in [2.24, 2.45) is 0 Å². The Bertz CT molecular complexity index is 809. The second-order valence-corrected chi connectivity index (χ2v) is 6.13. The quantitative estimate of drug-likeness (QED) is 0.401. The second-order valence-electron chi connectivity index (χ2n) is 6.13. The van der Waals surface area contributed by atoms with Crippen molar-refractivity contribution >= 4 is 23.1 Å². The van der Waals surface area contributed by atoms with E-state index < -0.39 is 0 Å². The zero-order valence-corrected chi connectivity index (χ0v) is 14.7. The summed E-state index contributed by atoms with van der Waals surface area (Å²) in [6, 6.07) is 16.1. The molecule has 0 aliphatic rings. The fourth-order valence-electron chi connectivity index (χ4n) is 2.71. The average molecular weight is 349 g/mol. The Hall–Kier alpha value is -3.13. The van der Waals surface area contributed by atoms with Crippen molar-refractivity contribution in [2.75, 3.05) is 11.1 Å². The molecule has 0 bridgehead atoms. The number of amides is 1. The molecule has 3 N–H and O–H groups in total. The van der Waals surface area contributed by atoms with Crippen LogP contribution >= 0.6 is 0 Å². The van der Waals surface area contributed by atoms with Gasteiger partial charge in [-0.2, -0.15) is 5.26 Å². The fourth-order valence-corrected chi connectivity index (χ4v) is 2.71. The fraction of sp³-hybridized carbons (Fsp3) is 0.286. The van der Waals surface area contributed by atoms with Gasteiger partial charge in [0.1, 0.15) is 0 Å². The van der Waals surface area contributed by atoms with Crippen molar-refractivity contribution in [1.82, 2.24) is 0 Å². The summed E-state index contributed by atoms with van der Waals surface area (Å²) in [6.45, 7) is 0. The van der Waals surface area contributed by atoms with E-state index in [2.05, 4.69) is 5.32 Å². The van der Waals surface area contributed by atoms with E-state index in [0.717, 1.165) is 25.7 Å². The number of Topliss-reactive ketones (excluding diaryl/α,β-unsaturated/α-hetero) is 1. The molecule has 2 aromatic carbocycles. The topological polar surface area (TPSA) is 96.0 Å². The summed E-state index contributed by atoms with van der Waals surface area (Å²) in [5, 5.41) is 11.8. The van der Waals surface area contributed by atoms with Crippen LogP contribution in [0.5, 0.6) is 0 Å². The molecule has 134 valence electrons. The number of anilines is 2. The molecule has 0 radical (unpaired) electrons. The maximum Gasteiger partial charge on any atom is 0.224 e. The molecule has 5 heteroatoms. The first-order valence-electron chi connectivity index (χ1n) is 8.78. The second kappa shape index (κ2) is 10.00. The third kappa shape index (κ3) is 5.75. The van der Waals surface area contributed by atoms with Crippen LogP contribution in [0.2, 0.25) is 0 Å². The van der Waals surface area contributed by atoms with Gasteiger partial charge in [0.05, 0.1) is 23.0 Å². The van der Waals surface area contributed by atoms with Crippen molar-refractivity contribution in [3.63, 3.8) is 0 Å². The van der Waals surface area contributed by atoms with E-state index in [0.29, 0.717) is 35.3 Å². The summed E-state index contributed by atoms with van der Waals surface area (Å²) in [6.07, 6.45) is 4.13. The normalized spacial score (nSPS) is 10.1. The maximum absolute atomic E-state index is 12.2. The van der Waals surface area contributed by atoms with E-state index in [-0.39, 0.29) is 11.7 Å². The number of unbranched alkanes of at least 4 members (excludes halogenated alkanes) is 3. The van der Waals surface area contributed by atoms with Crippen LogP contribution in [0.3, 0.4) is 0 Å². The average Bonchev–Trinajstić information content (AvgIpc) is 2.66. The Morgan fingerprint density at radius 2 is 1.58 bits per heavy atom. The lowest BCUT2D eigenvalue weighted by Crippen LogP contribution is -2.12. The van der Waals surface area contributed by atoms with Gasteiger partial charge in [0.2, 0.25) is 5.91 Å². The predicted molar refractivity (Wildman–Crippen MR) is 103 cm³/mol. The molecule has 5 nitrogen and oxygen atoms in total. The van der Waals surface area contributed by atoms with Crippen LogP contribution in [0, 0.1) is 11.3 Å². The lowest BCUT2D eigenvalue weighted by atomic mass is 10.00. The van der Waals surface area contributed by atoms with Gasteiger partial charge in [0, 0.05) is 18.4 Å². The first-order valence-corrected chi connectivity index (χ1v) is 8.78. The summed E-state index contributed by atoms with van der Waals surface area (Å²) in [4.78, 5) is 24.1. The van der Waals surface area contributed by atoms with Gasteiger partial charge in [0.15, 0.2) is 5.78 Å². The van der Waals surface area contributed by atoms with Crippen LogP contribution in [0.1, 0.15) is 54.4 Å². The van der Waals surface area contributed by atoms with Gasteiger partial charge in [-0.05, 0) is 31.0 Å². The lowest BCUT2D eigenvalue weighted by molar-refractivity contribution is -0.116. The van der Waals surface area contributed by atoms with Crippen LogP contribution in [0.15, 0.2) is 48.5 Å². The van der Waals surface area contributed by atoms with E-state index in [9.17, 15) is 9.59 Å². The number of para-hydroxylation sites is 2. The number of carbonyl (C=O) groups excluding carboxylic acids is 2. The van der Waals surface area contributed by atoms with E-state index in [1.165, 1.54) is 0 Å². The number of ketones is 1. The largest absolute Gasteiger partial charge is 0.397 e. The van der Waals surface area contributed by atoms with E-state index in [1.807, 2.05) is 18.2 Å². The molecule has 2 aromatic rings. The molecule has 0 aliphatic heterocycles. The number of hydrogen-bond acceptors (Lipinski definition) is 4. The van der Waals surface area contributed by atoms with Gasteiger partial charge in [-0.1, -0.05) is 43.2 Å². The van der Waals surface area contributed by atoms with Crippen LogP contribution < -0.4 is 11.1 Å². The number of benzene rings is 2. The summed E-state index contributed by atoms with van der Waals surface area (Å²) in [7, 11) is 0. The summed E-state index contributed by atoms with van der Waals surface area (Å²) < 4.78 is 0. The molecule has 0 heterocycles. The molecule has 2 rings (SSSR count). The standard InChI is InChI=1S/C21H23N3O2/c22-15-16-9-5-6-10-17(16)20(25)13-3-1-2-4-14-21(26)24-19-12-8-7-11-18(19)23/h5-12H,1-4,13-14,23H2,(H,24,26). The minimum Gasteiger partial charge on any atom is -0.397 e. The van der Waals surface area contributed by atoms with Gasteiger partial charge in [-0.3, -0.25) is 9.59 Å². The van der Waals surface area contributed by atoms with Crippen LogP contribution in [0.25, 0.3) is 0 Å². The highest BCUT2D eigenvalue weighted by atomic mass is 16.1. The molecule has 1 amide bonds. The molecule has 0 spiro atoms. The van der Waals surface area contributed by atoms with Crippen molar-refractivity contribution in [3.05, 3.63) is 59.7 Å². The number of nitrogens with zero attached hydrogens (tertiary/aromatic N) is 1. The third-order valence-electron chi connectivity index (χ3n) is 4.14. The number of rotatable bonds is 9. The molecule has 0 saturated heterocycles. The van der Waals surface area contributed by atoms with Crippen molar-refractivity contribution < 1.29 is 9.59 Å². The third-order valence-corrected chi connectivity index (χ3v) is 4.14. The minimum atomic E-state index is -0.0538. The Morgan fingerprint density at radius 1 is 0.923 bits per heavy atom. The van der Waals surface area contributed by atoms with E-state index >= 15 is 0 Å². The van der Waals surface area contributed by atoms with Crippen molar-refractivity contribution in [2.45, 2.75) is 38.5 Å². The van der Waals surface area contributed by atoms with Crippen molar-refractivity contribution in [3.8, 4) is 6.07 Å². The molecule has 0 unspecified atom stereocenters. The van der Waals surface area contributed by atoms with E-state index in [1.54, 1.807) is 36.4 Å². The lowest BCUT2D eigenvalue weighted by Gasteiger charge is -2.07. The number of nitriles is 1. The molecular formula is C21H23N3O2. The van der Waals surface area contributed by atoms with E-state index in [4.69, 9.17) is 11.0 Å². The molecule has 0 aromatic heterocycles. The molecule has 0 fully saturated rings. The Labute approximate surface area is 153 Å². The number of nitrogen functional groups attached to an aromatic ring is 1. The minimum absolute atomic E-state index is 0.000513. The number of nitrogens with two attached hydrogens (primary N) is 1. The Morgan fingerprint density at radius 3 is 2.31 bits per heavy atom. The van der Waals surface area contributed by atoms with Gasteiger partial charge < -0.3 is 11.1 Å². The zero-order valence-electron chi connectivity index (χ0n) is 14.7. The number of nitrogens with one attached hydrogen (secondary N) is 1. The first-order chi connectivity index (χ1) is 12.6. The summed E-state index contributed by atoms with van der Waals surface area (Å²) in [5.41, 5.74) is 7.90. The zero-order chi connectivity index (χ0) is 18.8. The monoisotopic (exact) mass is 349 g/mol. The number of carbonyl (C=O) groups is 2. The molecular weight excluding hydrogens is 326 g/mol. The van der Waals surface area contributed by atoms with Gasteiger partial charge in [-0.15, -0.1) is 0 Å². The highest BCUT2D eigenvalue weighted by molar-refractivity contribution is 5.98. The Balaban J connectivity index is 1.63. The highest BCUT2D eigenvalue weighted by Crippen LogP contribution is 2.18. The predicted octanol–water partition coefficient (Wildman–Crippen LogP) is 4.30. The summed E-state index contributed by atoms with van der Waals surface area (Å²) >= 11 is 0. The molecule has 0 aliphatic carbocycles. The molecule has 26 heavy (non-hydrogen) atoms.